The molecule has 2 aromatic carbocycles. The van der Waals surface area contributed by atoms with Gasteiger partial charge in [-0.15, -0.1) is 11.8 Å². The van der Waals surface area contributed by atoms with Crippen molar-refractivity contribution in [3.8, 4) is 11.8 Å². The smallest absolute Gasteiger partial charge is 0.416 e. The minimum absolute atomic E-state index is 0.234. The first-order chi connectivity index (χ1) is 10.5. The normalized spacial score (nSPS) is 11.0. The van der Waals surface area contributed by atoms with E-state index in [1.807, 2.05) is 24.3 Å². The Morgan fingerprint density at radius 1 is 1.09 bits per heavy atom. The number of hydrogen-bond acceptors (Lipinski definition) is 3. The van der Waals surface area contributed by atoms with E-state index in [2.05, 4.69) is 0 Å². The zero-order chi connectivity index (χ0) is 16.0. The van der Waals surface area contributed by atoms with Gasteiger partial charge in [0.15, 0.2) is 0 Å². The lowest BCUT2D eigenvalue weighted by molar-refractivity contribution is -0.137. The summed E-state index contributed by atoms with van der Waals surface area (Å²) in [6.45, 7) is 0.343. The number of rotatable bonds is 5. The van der Waals surface area contributed by atoms with E-state index in [1.165, 1.54) is 17.8 Å². The van der Waals surface area contributed by atoms with Crippen LogP contribution in [0.4, 0.5) is 13.2 Å². The van der Waals surface area contributed by atoms with E-state index in [0.29, 0.717) is 23.0 Å². The van der Waals surface area contributed by atoms with Crippen LogP contribution in [0.2, 0.25) is 0 Å². The first-order valence-corrected chi connectivity index (χ1v) is 7.41. The quantitative estimate of drug-likeness (QED) is 0.588. The third-order valence-corrected chi connectivity index (χ3v) is 3.80. The molecule has 2 rings (SSSR count). The van der Waals surface area contributed by atoms with Gasteiger partial charge in [-0.05, 0) is 30.3 Å². The summed E-state index contributed by atoms with van der Waals surface area (Å²) in [5, 5.41) is 8.97. The molecule has 0 bridgehead atoms. The molecule has 0 spiro atoms. The van der Waals surface area contributed by atoms with Crippen molar-refractivity contribution in [1.29, 1.82) is 5.26 Å². The van der Waals surface area contributed by atoms with Gasteiger partial charge in [0.25, 0.3) is 0 Å². The van der Waals surface area contributed by atoms with Crippen LogP contribution in [0.25, 0.3) is 0 Å². The molecule has 2 aromatic rings. The Hall–Kier alpha value is -2.13. The number of nitriles is 1. The summed E-state index contributed by atoms with van der Waals surface area (Å²) >= 11 is 1.17. The molecule has 0 saturated heterocycles. The van der Waals surface area contributed by atoms with Gasteiger partial charge in [0.05, 0.1) is 17.7 Å². The molecule has 0 amide bonds. The number of nitrogens with zero attached hydrogens (tertiary/aromatic N) is 1. The van der Waals surface area contributed by atoms with Gasteiger partial charge < -0.3 is 4.74 Å². The average Bonchev–Trinajstić information content (AvgIpc) is 2.51. The average molecular weight is 323 g/mol. The van der Waals surface area contributed by atoms with E-state index in [0.717, 1.165) is 12.1 Å². The predicted octanol–water partition coefficient (Wildman–Crippen LogP) is 4.75. The highest BCUT2D eigenvalue weighted by Gasteiger charge is 2.31. The SMILES string of the molecule is N#Cc1ccc(C(F)(F)F)cc1SCCOc1ccccc1. The summed E-state index contributed by atoms with van der Waals surface area (Å²) < 4.78 is 43.6. The van der Waals surface area contributed by atoms with E-state index in [1.54, 1.807) is 12.1 Å². The Morgan fingerprint density at radius 3 is 2.45 bits per heavy atom. The van der Waals surface area contributed by atoms with Gasteiger partial charge in [-0.1, -0.05) is 18.2 Å². The maximum atomic E-state index is 12.7. The Balaban J connectivity index is 1.98. The molecule has 0 unspecified atom stereocenters. The molecule has 0 aliphatic carbocycles. The summed E-state index contributed by atoms with van der Waals surface area (Å²) in [6, 6.07) is 14.2. The van der Waals surface area contributed by atoms with Crippen molar-refractivity contribution < 1.29 is 17.9 Å². The second-order valence-corrected chi connectivity index (χ2v) is 5.47. The van der Waals surface area contributed by atoms with Gasteiger partial charge in [0, 0.05) is 10.6 Å². The molecule has 0 fully saturated rings. The van der Waals surface area contributed by atoms with E-state index in [4.69, 9.17) is 10.00 Å². The third-order valence-electron chi connectivity index (χ3n) is 2.78. The lowest BCUT2D eigenvalue weighted by Gasteiger charge is -2.10. The monoisotopic (exact) mass is 323 g/mol. The summed E-state index contributed by atoms with van der Waals surface area (Å²) in [5.74, 6) is 1.15. The van der Waals surface area contributed by atoms with Crippen molar-refractivity contribution in [2.45, 2.75) is 11.1 Å². The topological polar surface area (TPSA) is 33.0 Å². The molecule has 0 aliphatic heterocycles. The van der Waals surface area contributed by atoms with Gasteiger partial charge in [-0.25, -0.2) is 0 Å². The summed E-state index contributed by atoms with van der Waals surface area (Å²) in [6.07, 6.45) is -4.41. The van der Waals surface area contributed by atoms with Crippen LogP contribution in [0.3, 0.4) is 0 Å². The fraction of sp³-hybridized carbons (Fsp3) is 0.188. The number of halogens is 3. The molecular formula is C16H12F3NOS. The van der Waals surface area contributed by atoms with Crippen molar-refractivity contribution in [3.63, 3.8) is 0 Å². The van der Waals surface area contributed by atoms with Crippen LogP contribution in [0.15, 0.2) is 53.4 Å². The van der Waals surface area contributed by atoms with Crippen LogP contribution in [0.1, 0.15) is 11.1 Å². The molecular weight excluding hydrogens is 311 g/mol. The minimum Gasteiger partial charge on any atom is -0.493 e. The van der Waals surface area contributed by atoms with Crippen molar-refractivity contribution in [2.24, 2.45) is 0 Å². The highest BCUT2D eigenvalue weighted by molar-refractivity contribution is 7.99. The molecule has 2 nitrogen and oxygen atoms in total. The van der Waals surface area contributed by atoms with Crippen LogP contribution in [-0.2, 0) is 6.18 Å². The van der Waals surface area contributed by atoms with Crippen LogP contribution >= 0.6 is 11.8 Å². The Kier molecular flexibility index (Phi) is 5.34. The second kappa shape index (κ2) is 7.23. The number of benzene rings is 2. The van der Waals surface area contributed by atoms with E-state index in [9.17, 15) is 13.2 Å². The fourth-order valence-electron chi connectivity index (χ4n) is 1.74. The zero-order valence-electron chi connectivity index (χ0n) is 11.4. The van der Waals surface area contributed by atoms with E-state index >= 15 is 0 Å². The van der Waals surface area contributed by atoms with Crippen LogP contribution in [0.5, 0.6) is 5.75 Å². The Labute approximate surface area is 130 Å². The summed E-state index contributed by atoms with van der Waals surface area (Å²) in [4.78, 5) is 0.314. The predicted molar refractivity (Wildman–Crippen MR) is 78.8 cm³/mol. The molecule has 0 atom stereocenters. The van der Waals surface area contributed by atoms with Crippen molar-refractivity contribution >= 4 is 11.8 Å². The minimum atomic E-state index is -4.41. The van der Waals surface area contributed by atoms with E-state index in [-0.39, 0.29) is 5.56 Å². The Morgan fingerprint density at radius 2 is 1.82 bits per heavy atom. The van der Waals surface area contributed by atoms with Gasteiger partial charge in [-0.2, -0.15) is 18.4 Å². The first kappa shape index (κ1) is 16.2. The molecule has 0 N–H and O–H groups in total. The van der Waals surface area contributed by atoms with Gasteiger partial charge in [-0.3, -0.25) is 0 Å². The molecule has 6 heteroatoms. The highest BCUT2D eigenvalue weighted by Crippen LogP contribution is 2.33. The highest BCUT2D eigenvalue weighted by atomic mass is 32.2. The summed E-state index contributed by atoms with van der Waals surface area (Å²) in [7, 11) is 0. The van der Waals surface area contributed by atoms with Crippen LogP contribution in [-0.4, -0.2) is 12.4 Å². The number of alkyl halides is 3. The molecule has 0 heterocycles. The fourth-order valence-corrected chi connectivity index (χ4v) is 2.60. The standard InChI is InChI=1S/C16H12F3NOS/c17-16(18,19)13-7-6-12(11-20)15(10-13)22-9-8-21-14-4-2-1-3-5-14/h1-7,10H,8-9H2. The molecule has 0 saturated carbocycles. The van der Waals surface area contributed by atoms with Crippen molar-refractivity contribution in [1.82, 2.24) is 0 Å². The van der Waals surface area contributed by atoms with Crippen LogP contribution in [0, 0.1) is 11.3 Å². The number of ether oxygens (including phenoxy) is 1. The Bertz CT molecular complexity index is 665. The summed E-state index contributed by atoms with van der Waals surface area (Å²) in [5.41, 5.74) is -0.518. The van der Waals surface area contributed by atoms with Crippen LogP contribution < -0.4 is 4.74 Å². The van der Waals surface area contributed by atoms with Gasteiger partial charge >= 0.3 is 6.18 Å². The number of hydrogen-bond donors (Lipinski definition) is 0. The molecule has 114 valence electrons. The zero-order valence-corrected chi connectivity index (χ0v) is 12.2. The third kappa shape index (κ3) is 4.43. The van der Waals surface area contributed by atoms with Crippen molar-refractivity contribution in [3.05, 3.63) is 59.7 Å². The molecule has 22 heavy (non-hydrogen) atoms. The van der Waals surface area contributed by atoms with Crippen molar-refractivity contribution in [2.75, 3.05) is 12.4 Å². The van der Waals surface area contributed by atoms with E-state index < -0.39 is 11.7 Å². The van der Waals surface area contributed by atoms with Gasteiger partial charge in [0.1, 0.15) is 11.8 Å². The lowest BCUT2D eigenvalue weighted by atomic mass is 10.1. The maximum Gasteiger partial charge on any atom is 0.416 e. The number of thioether (sulfide) groups is 1. The molecule has 0 aliphatic rings. The molecule has 0 aromatic heterocycles. The molecule has 0 radical (unpaired) electrons. The second-order valence-electron chi connectivity index (χ2n) is 4.33. The largest absolute Gasteiger partial charge is 0.493 e. The first-order valence-electron chi connectivity index (χ1n) is 6.42. The van der Waals surface area contributed by atoms with Gasteiger partial charge in [0.2, 0.25) is 0 Å². The lowest BCUT2D eigenvalue weighted by Crippen LogP contribution is -2.06. The number of para-hydroxylation sites is 1. The maximum absolute atomic E-state index is 12.7.